The minimum Gasteiger partial charge on any atom is -0.478 e. The number of anilines is 5. The van der Waals surface area contributed by atoms with Crippen LogP contribution in [0.4, 0.5) is 52.0 Å². The van der Waals surface area contributed by atoms with Gasteiger partial charge < -0.3 is 26.0 Å². The molecule has 6 aromatic rings. The molecular weight excluding hydrogens is 921 g/mol. The molecule has 0 aliphatic heterocycles. The number of aliphatic hydroxyl groups excluding tert-OH is 1. The molecule has 65 heavy (non-hydrogen) atoms. The van der Waals surface area contributed by atoms with Crippen molar-refractivity contribution < 1.29 is 68.7 Å². The van der Waals surface area contributed by atoms with E-state index in [1.165, 1.54) is 41.5 Å². The van der Waals surface area contributed by atoms with E-state index in [0.29, 0.717) is 29.2 Å². The quantitative estimate of drug-likeness (QED) is 0.0269. The molecule has 0 fully saturated rings. The number of benzene rings is 5. The van der Waals surface area contributed by atoms with Crippen LogP contribution in [-0.2, 0) is 35.2 Å². The predicted octanol–water partition coefficient (Wildman–Crippen LogP) is 6.23. The third kappa shape index (κ3) is 12.0. The van der Waals surface area contributed by atoms with Gasteiger partial charge in [0.15, 0.2) is 0 Å². The number of carboxylic acids is 2. The van der Waals surface area contributed by atoms with Crippen LogP contribution >= 0.6 is 0 Å². The molecule has 28 heteroatoms. The highest BCUT2D eigenvalue weighted by molar-refractivity contribution is 7.87. The van der Waals surface area contributed by atoms with Crippen molar-refractivity contribution in [2.24, 2.45) is 20.5 Å². The summed E-state index contributed by atoms with van der Waals surface area (Å²) in [5, 5.41) is 50.3. The average Bonchev–Trinajstić information content (AvgIpc) is 3.24. The number of hydrogen-bond acceptors (Lipinski definition) is 20. The second kappa shape index (κ2) is 19.1. The Kier molecular flexibility index (Phi) is 13.8. The van der Waals surface area contributed by atoms with Gasteiger partial charge in [0, 0.05) is 22.1 Å². The van der Waals surface area contributed by atoms with Crippen molar-refractivity contribution in [2.45, 2.75) is 21.6 Å². The number of nitrogens with one attached hydrogen (secondary N) is 2. The van der Waals surface area contributed by atoms with E-state index in [1.54, 1.807) is 31.2 Å². The van der Waals surface area contributed by atoms with E-state index >= 15 is 0 Å². The number of aromatic carboxylic acids is 2. The van der Waals surface area contributed by atoms with Gasteiger partial charge in [-0.3, -0.25) is 18.5 Å². The molecule has 1 aromatic heterocycles. The van der Waals surface area contributed by atoms with Gasteiger partial charge in [0.05, 0.1) is 58.5 Å². The lowest BCUT2D eigenvalue weighted by molar-refractivity contribution is 0.0696. The molecular formula is C37H32N10O15S3. The van der Waals surface area contributed by atoms with E-state index in [1.807, 2.05) is 0 Å². The Morgan fingerprint density at radius 2 is 1.05 bits per heavy atom. The molecule has 0 saturated carbocycles. The van der Waals surface area contributed by atoms with E-state index < -0.39 is 67.8 Å². The van der Waals surface area contributed by atoms with Crippen LogP contribution in [0.3, 0.4) is 0 Å². The molecule has 5 aromatic carbocycles. The molecule has 0 amide bonds. The number of carboxylic acid groups (broad SMARTS) is 2. The summed E-state index contributed by atoms with van der Waals surface area (Å²) in [5.41, 5.74) is 0.422. The summed E-state index contributed by atoms with van der Waals surface area (Å²) in [6.45, 7) is 1.55. The van der Waals surface area contributed by atoms with E-state index in [4.69, 9.17) is 4.84 Å². The van der Waals surface area contributed by atoms with Crippen molar-refractivity contribution in [3.63, 3.8) is 0 Å². The number of hydroxylamine groups is 1. The number of aliphatic hydroxyl groups is 1. The van der Waals surface area contributed by atoms with Gasteiger partial charge in [-0.2, -0.15) is 60.7 Å². The first-order valence-electron chi connectivity index (χ1n) is 18.1. The third-order valence-electron chi connectivity index (χ3n) is 8.46. The number of azo groups is 2. The highest BCUT2D eigenvalue weighted by atomic mass is 32.2. The van der Waals surface area contributed by atoms with Gasteiger partial charge in [0.25, 0.3) is 36.3 Å². The lowest BCUT2D eigenvalue weighted by atomic mass is 10.1. The van der Waals surface area contributed by atoms with Crippen molar-refractivity contribution in [3.05, 3.63) is 102 Å². The number of aromatic nitrogens is 3. The van der Waals surface area contributed by atoms with Gasteiger partial charge in [0.2, 0.25) is 11.9 Å². The van der Waals surface area contributed by atoms with E-state index in [0.717, 1.165) is 18.2 Å². The number of fused-ring (bicyclic) bond motifs is 1. The molecule has 0 aliphatic rings. The van der Waals surface area contributed by atoms with Crippen LogP contribution in [0.1, 0.15) is 27.6 Å². The maximum absolute atomic E-state index is 12.3. The summed E-state index contributed by atoms with van der Waals surface area (Å²) in [5.74, 6) is -2.68. The summed E-state index contributed by atoms with van der Waals surface area (Å²) in [6.07, 6.45) is 0. The fourth-order valence-electron chi connectivity index (χ4n) is 5.67. The Labute approximate surface area is 367 Å². The minimum absolute atomic E-state index is 0.00278. The molecule has 0 saturated heterocycles. The Balaban J connectivity index is 1.25. The lowest BCUT2D eigenvalue weighted by Gasteiger charge is -2.21. The second-order valence-electron chi connectivity index (χ2n) is 13.0. The van der Waals surface area contributed by atoms with Gasteiger partial charge >= 0.3 is 11.9 Å². The van der Waals surface area contributed by atoms with Crippen molar-refractivity contribution in [1.29, 1.82) is 0 Å². The summed E-state index contributed by atoms with van der Waals surface area (Å²) in [6, 6.07) is 18.3. The molecule has 0 unspecified atom stereocenters. The lowest BCUT2D eigenvalue weighted by Crippen LogP contribution is -2.29. The molecule has 0 atom stereocenters. The first kappa shape index (κ1) is 47.0. The van der Waals surface area contributed by atoms with E-state index in [9.17, 15) is 63.8 Å². The molecule has 0 aliphatic carbocycles. The van der Waals surface area contributed by atoms with Crippen LogP contribution in [-0.4, -0.2) is 101 Å². The monoisotopic (exact) mass is 952 g/mol. The highest BCUT2D eigenvalue weighted by Crippen LogP contribution is 2.36. The smallest absolute Gasteiger partial charge is 0.335 e. The first-order chi connectivity index (χ1) is 30.6. The standard InChI is InChI=1S/C37H32N10O15S3/c1-2-62-47(11-12-48)37-41-35(38-22-3-7-24(8-4-22)43-45-26-14-20(33(49)50)13-21(15-26)34(51)52)40-36(42-37)39-23-5-9-25(10-6-23)44-46-27-16-29-30(31(17-27)64(56,57)58)18-28(63(53,54)55)19-32(29)65(59,60)61/h3-10,13-19,48H,2,11-12H2,1H3,(H,49,50)(H,51,52)(H,53,54,55)(H,56,57,58)(H,59,60,61)(H2,38,39,40,41,42). The predicted molar refractivity (Wildman–Crippen MR) is 227 cm³/mol. The van der Waals surface area contributed by atoms with Crippen LogP contribution in [0.5, 0.6) is 0 Å². The van der Waals surface area contributed by atoms with E-state index in [-0.39, 0.29) is 65.8 Å². The Morgan fingerprint density at radius 1 is 0.600 bits per heavy atom. The molecule has 8 N–H and O–H groups in total. The van der Waals surface area contributed by atoms with E-state index in [2.05, 4.69) is 46.0 Å². The van der Waals surface area contributed by atoms with Crippen LogP contribution in [0.2, 0.25) is 0 Å². The van der Waals surface area contributed by atoms with Crippen molar-refractivity contribution in [3.8, 4) is 0 Å². The Morgan fingerprint density at radius 3 is 1.48 bits per heavy atom. The third-order valence-corrected chi connectivity index (χ3v) is 11.1. The average molecular weight is 953 g/mol. The summed E-state index contributed by atoms with van der Waals surface area (Å²) >= 11 is 0. The topological polar surface area (TPSA) is 383 Å². The Bertz CT molecular complexity index is 3190. The largest absolute Gasteiger partial charge is 0.478 e. The molecule has 1 heterocycles. The number of hydrogen-bond donors (Lipinski definition) is 8. The summed E-state index contributed by atoms with van der Waals surface area (Å²) in [7, 11) is -15.6. The Hall–Kier alpha value is -7.44. The zero-order valence-corrected chi connectivity index (χ0v) is 35.4. The minimum atomic E-state index is -5.24. The van der Waals surface area contributed by atoms with Gasteiger partial charge in [-0.05, 0) is 97.9 Å². The molecule has 0 spiro atoms. The van der Waals surface area contributed by atoms with Crippen LogP contribution in [0, 0.1) is 0 Å². The second-order valence-corrected chi connectivity index (χ2v) is 17.2. The van der Waals surface area contributed by atoms with Crippen LogP contribution < -0.4 is 15.7 Å². The maximum atomic E-state index is 12.3. The zero-order valence-electron chi connectivity index (χ0n) is 32.9. The molecule has 0 bridgehead atoms. The molecule has 25 nitrogen and oxygen atoms in total. The number of rotatable bonds is 18. The zero-order chi connectivity index (χ0) is 47.3. The number of nitrogens with zero attached hydrogens (tertiary/aromatic N) is 8. The van der Waals surface area contributed by atoms with Gasteiger partial charge in [-0.25, -0.2) is 14.7 Å². The SMILES string of the molecule is CCON(CCO)c1nc(Nc2ccc(N=Nc3cc(C(=O)O)cc(C(=O)O)c3)cc2)nc(Nc2ccc(N=Nc3cc(S(=O)(=O)O)c4cc(S(=O)(=O)O)cc(S(=O)(=O)O)c4c3)cc2)n1. The van der Waals surface area contributed by atoms with Gasteiger partial charge in [-0.1, -0.05) is 0 Å². The molecule has 338 valence electrons. The first-order valence-corrected chi connectivity index (χ1v) is 22.4. The molecule has 0 radical (unpaired) electrons. The van der Waals surface area contributed by atoms with Crippen molar-refractivity contribution >= 4 is 105 Å². The maximum Gasteiger partial charge on any atom is 0.335 e. The summed E-state index contributed by atoms with van der Waals surface area (Å²) in [4.78, 5) is 38.5. The van der Waals surface area contributed by atoms with Crippen LogP contribution in [0.25, 0.3) is 10.8 Å². The fourth-order valence-corrected chi connectivity index (χ4v) is 7.72. The van der Waals surface area contributed by atoms with Gasteiger partial charge in [-0.15, -0.1) is 0 Å². The van der Waals surface area contributed by atoms with Crippen LogP contribution in [0.15, 0.2) is 126 Å². The van der Waals surface area contributed by atoms with Crippen molar-refractivity contribution in [1.82, 2.24) is 15.0 Å². The fraction of sp³-hybridized carbons (Fsp3) is 0.108. The number of carbonyl (C=O) groups is 2. The highest BCUT2D eigenvalue weighted by Gasteiger charge is 2.26. The normalized spacial score (nSPS) is 12.2. The summed E-state index contributed by atoms with van der Waals surface area (Å²) < 4.78 is 102. The molecule has 6 rings (SSSR count). The van der Waals surface area contributed by atoms with Gasteiger partial charge in [0.1, 0.15) is 9.79 Å². The van der Waals surface area contributed by atoms with Crippen molar-refractivity contribution in [2.75, 3.05) is 35.5 Å².